The van der Waals surface area contributed by atoms with Crippen molar-refractivity contribution in [1.82, 2.24) is 5.32 Å². The molecule has 2 aliphatic rings. The van der Waals surface area contributed by atoms with E-state index in [1.165, 1.54) is 61.5 Å². The second-order valence-electron chi connectivity index (χ2n) is 5.29. The lowest BCUT2D eigenvalue weighted by molar-refractivity contribution is 0.0272. The predicted octanol–water partition coefficient (Wildman–Crippen LogP) is 3.16. The Kier molecular flexibility index (Phi) is 7.94. The van der Waals surface area contributed by atoms with E-state index in [4.69, 9.17) is 4.74 Å². The molecule has 4 heteroatoms. The molecule has 0 aromatic heterocycles. The number of hydrogen-bond donors (Lipinski definition) is 1. The Morgan fingerprint density at radius 3 is 2.44 bits per heavy atom. The summed E-state index contributed by atoms with van der Waals surface area (Å²) in [6, 6.07) is 0.720. The minimum Gasteiger partial charge on any atom is -0.378 e. The van der Waals surface area contributed by atoms with Gasteiger partial charge in [0.25, 0.3) is 0 Å². The summed E-state index contributed by atoms with van der Waals surface area (Å²) in [6.07, 6.45) is 8.49. The molecule has 2 nitrogen and oxygen atoms in total. The van der Waals surface area contributed by atoms with Crippen molar-refractivity contribution >= 4 is 23.5 Å². The molecule has 2 fully saturated rings. The summed E-state index contributed by atoms with van der Waals surface area (Å²) in [5.41, 5.74) is 0. The highest BCUT2D eigenvalue weighted by Crippen LogP contribution is 2.20. The van der Waals surface area contributed by atoms with Crippen molar-refractivity contribution in [2.45, 2.75) is 50.7 Å². The van der Waals surface area contributed by atoms with Crippen LogP contribution in [0.15, 0.2) is 0 Å². The first kappa shape index (κ1) is 15.0. The normalized spacial score (nSPS) is 24.0. The SMILES string of the molecule is C1CCC(OCCCNC2CSCCSC2)CC1. The van der Waals surface area contributed by atoms with Gasteiger partial charge in [0.2, 0.25) is 0 Å². The number of thioether (sulfide) groups is 2. The fourth-order valence-corrected chi connectivity index (χ4v) is 5.06. The maximum Gasteiger partial charge on any atom is 0.0575 e. The monoisotopic (exact) mass is 289 g/mol. The molecule has 1 N–H and O–H groups in total. The minimum absolute atomic E-state index is 0.572. The number of rotatable bonds is 6. The van der Waals surface area contributed by atoms with Crippen molar-refractivity contribution in [3.63, 3.8) is 0 Å². The van der Waals surface area contributed by atoms with Gasteiger partial charge in [-0.2, -0.15) is 23.5 Å². The molecule has 0 radical (unpaired) electrons. The third kappa shape index (κ3) is 6.18. The zero-order valence-corrected chi connectivity index (χ0v) is 13.0. The summed E-state index contributed by atoms with van der Waals surface area (Å²) in [4.78, 5) is 0. The highest BCUT2D eigenvalue weighted by Gasteiger charge is 2.14. The van der Waals surface area contributed by atoms with Crippen molar-refractivity contribution in [2.75, 3.05) is 36.2 Å². The molecule has 1 aliphatic carbocycles. The molecule has 106 valence electrons. The zero-order valence-electron chi connectivity index (χ0n) is 11.4. The van der Waals surface area contributed by atoms with Crippen molar-refractivity contribution in [1.29, 1.82) is 0 Å². The molecule has 0 spiro atoms. The Morgan fingerprint density at radius 1 is 1.00 bits per heavy atom. The van der Waals surface area contributed by atoms with Crippen LogP contribution < -0.4 is 5.32 Å². The van der Waals surface area contributed by atoms with Gasteiger partial charge in [0.05, 0.1) is 6.10 Å². The maximum atomic E-state index is 5.95. The lowest BCUT2D eigenvalue weighted by Crippen LogP contribution is -2.34. The molecule has 1 saturated carbocycles. The standard InChI is InChI=1S/C14H27NOS2/c1-2-5-14(6-3-1)16-8-4-7-15-13-11-17-9-10-18-12-13/h13-15H,1-12H2. The highest BCUT2D eigenvalue weighted by molar-refractivity contribution is 8.03. The lowest BCUT2D eigenvalue weighted by atomic mass is 9.98. The first-order valence-corrected chi connectivity index (χ1v) is 9.76. The van der Waals surface area contributed by atoms with Crippen LogP contribution in [-0.2, 0) is 4.74 Å². The van der Waals surface area contributed by atoms with Crippen LogP contribution in [-0.4, -0.2) is 48.3 Å². The summed E-state index contributed by atoms with van der Waals surface area (Å²) in [6.45, 7) is 2.07. The molecule has 18 heavy (non-hydrogen) atoms. The molecule has 0 aromatic rings. The molecule has 0 unspecified atom stereocenters. The van der Waals surface area contributed by atoms with Crippen molar-refractivity contribution in [3.8, 4) is 0 Å². The topological polar surface area (TPSA) is 21.3 Å². The van der Waals surface area contributed by atoms with Crippen molar-refractivity contribution in [2.24, 2.45) is 0 Å². The van der Waals surface area contributed by atoms with Crippen LogP contribution in [0.1, 0.15) is 38.5 Å². The van der Waals surface area contributed by atoms with Crippen LogP contribution in [0, 0.1) is 0 Å². The molecule has 1 saturated heterocycles. The molecular weight excluding hydrogens is 262 g/mol. The van der Waals surface area contributed by atoms with E-state index in [0.717, 1.165) is 19.2 Å². The Hall–Kier alpha value is 0.620. The first-order valence-electron chi connectivity index (χ1n) is 7.45. The van der Waals surface area contributed by atoms with E-state index >= 15 is 0 Å². The zero-order chi connectivity index (χ0) is 12.5. The summed E-state index contributed by atoms with van der Waals surface area (Å²) in [7, 11) is 0. The molecule has 2 rings (SSSR count). The molecule has 0 atom stereocenters. The second-order valence-corrected chi connectivity index (χ2v) is 7.58. The average molecular weight is 290 g/mol. The molecule has 0 bridgehead atoms. The Bertz CT molecular complexity index is 202. The average Bonchev–Trinajstić information content (AvgIpc) is 2.68. The van der Waals surface area contributed by atoms with Gasteiger partial charge >= 0.3 is 0 Å². The first-order chi connectivity index (χ1) is 8.95. The smallest absolute Gasteiger partial charge is 0.0575 e. The minimum atomic E-state index is 0.572. The second kappa shape index (κ2) is 9.51. The van der Waals surface area contributed by atoms with Gasteiger partial charge in [0.1, 0.15) is 0 Å². The maximum absolute atomic E-state index is 5.95. The Labute approximate surface area is 120 Å². The number of nitrogens with one attached hydrogen (secondary N) is 1. The van der Waals surface area contributed by atoms with Crippen LogP contribution in [0.2, 0.25) is 0 Å². The third-order valence-electron chi connectivity index (χ3n) is 3.67. The van der Waals surface area contributed by atoms with Crippen LogP contribution in [0.25, 0.3) is 0 Å². The Morgan fingerprint density at radius 2 is 1.72 bits per heavy atom. The largest absolute Gasteiger partial charge is 0.378 e. The molecule has 1 aliphatic heterocycles. The van der Waals surface area contributed by atoms with E-state index in [1.807, 2.05) is 0 Å². The van der Waals surface area contributed by atoms with Crippen molar-refractivity contribution < 1.29 is 4.74 Å². The Balaban J connectivity index is 1.45. The highest BCUT2D eigenvalue weighted by atomic mass is 32.2. The molecule has 0 amide bonds. The van der Waals surface area contributed by atoms with E-state index < -0.39 is 0 Å². The van der Waals surface area contributed by atoms with E-state index in [1.54, 1.807) is 0 Å². The van der Waals surface area contributed by atoms with E-state index in [0.29, 0.717) is 6.10 Å². The quantitative estimate of drug-likeness (QED) is 0.758. The van der Waals surface area contributed by atoms with E-state index in [-0.39, 0.29) is 0 Å². The lowest BCUT2D eigenvalue weighted by Gasteiger charge is -2.22. The van der Waals surface area contributed by atoms with Crippen molar-refractivity contribution in [3.05, 3.63) is 0 Å². The molecule has 1 heterocycles. The van der Waals surface area contributed by atoms with Crippen LogP contribution in [0.4, 0.5) is 0 Å². The fourth-order valence-electron chi connectivity index (χ4n) is 2.60. The summed E-state index contributed by atoms with van der Waals surface area (Å²) in [5.74, 6) is 5.23. The van der Waals surface area contributed by atoms with Gasteiger partial charge in [-0.3, -0.25) is 0 Å². The fraction of sp³-hybridized carbons (Fsp3) is 1.00. The number of hydrogen-bond acceptors (Lipinski definition) is 4. The predicted molar refractivity (Wildman–Crippen MR) is 83.9 cm³/mol. The molecule has 0 aromatic carbocycles. The summed E-state index contributed by atoms with van der Waals surface area (Å²) < 4.78 is 5.95. The summed E-state index contributed by atoms with van der Waals surface area (Å²) >= 11 is 4.19. The van der Waals surface area contributed by atoms with Gasteiger partial charge in [-0.25, -0.2) is 0 Å². The van der Waals surface area contributed by atoms with Gasteiger partial charge in [-0.05, 0) is 25.8 Å². The van der Waals surface area contributed by atoms with Crippen LogP contribution in [0.3, 0.4) is 0 Å². The van der Waals surface area contributed by atoms with Gasteiger partial charge in [0, 0.05) is 35.7 Å². The molecular formula is C14H27NOS2. The van der Waals surface area contributed by atoms with Gasteiger partial charge in [-0.1, -0.05) is 19.3 Å². The van der Waals surface area contributed by atoms with Gasteiger partial charge < -0.3 is 10.1 Å². The van der Waals surface area contributed by atoms with Crippen LogP contribution >= 0.6 is 23.5 Å². The van der Waals surface area contributed by atoms with Gasteiger partial charge in [0.15, 0.2) is 0 Å². The van der Waals surface area contributed by atoms with E-state index in [9.17, 15) is 0 Å². The summed E-state index contributed by atoms with van der Waals surface area (Å²) in [5, 5.41) is 3.68. The number of ether oxygens (including phenoxy) is 1. The van der Waals surface area contributed by atoms with E-state index in [2.05, 4.69) is 28.8 Å². The third-order valence-corrected chi connectivity index (χ3v) is 6.19. The van der Waals surface area contributed by atoms with Gasteiger partial charge in [-0.15, -0.1) is 0 Å². The van der Waals surface area contributed by atoms with Crippen LogP contribution in [0.5, 0.6) is 0 Å².